The minimum absolute atomic E-state index is 0. The van der Waals surface area contributed by atoms with E-state index in [0.29, 0.717) is 15.2 Å². The summed E-state index contributed by atoms with van der Waals surface area (Å²) in [6.45, 7) is 0.0950. The first-order valence-electron chi connectivity index (χ1n) is 3.21. The summed E-state index contributed by atoms with van der Waals surface area (Å²) in [6, 6.07) is 0. The molecular weight excluding hydrogens is 251 g/mol. The lowest BCUT2D eigenvalue weighted by atomic mass is 10.3. The molecule has 0 atom stereocenters. The molecule has 1 rings (SSSR count). The molecule has 82 valence electrons. The van der Waals surface area contributed by atoms with Gasteiger partial charge in [0, 0.05) is 5.03 Å². The molecule has 0 bridgehead atoms. The molecule has 0 N–H and O–H groups in total. The molecule has 0 aliphatic carbocycles. The van der Waals surface area contributed by atoms with E-state index in [2.05, 4.69) is 0 Å². The van der Waals surface area contributed by atoms with Crippen molar-refractivity contribution >= 4 is 30.5 Å². The van der Waals surface area contributed by atoms with Crippen LogP contribution in [0.3, 0.4) is 0 Å². The summed E-state index contributed by atoms with van der Waals surface area (Å²) in [5.74, 6) is 0. The minimum atomic E-state index is -6.00. The van der Waals surface area contributed by atoms with Crippen molar-refractivity contribution in [1.29, 1.82) is 0 Å². The van der Waals surface area contributed by atoms with Crippen molar-refractivity contribution in [2.24, 2.45) is 0 Å². The lowest BCUT2D eigenvalue weighted by Gasteiger charge is -2.11. The van der Waals surface area contributed by atoms with Gasteiger partial charge < -0.3 is 17.3 Å². The lowest BCUT2D eigenvalue weighted by Crippen LogP contribution is -2.10. The summed E-state index contributed by atoms with van der Waals surface area (Å²) in [4.78, 5) is 0. The second-order valence-corrected chi connectivity index (χ2v) is 3.08. The van der Waals surface area contributed by atoms with Gasteiger partial charge in [-0.15, -0.1) is 4.48 Å². The second kappa shape index (κ2) is 5.45. The first kappa shape index (κ1) is 13.6. The van der Waals surface area contributed by atoms with Crippen LogP contribution in [0.5, 0.6) is 0 Å². The van der Waals surface area contributed by atoms with Gasteiger partial charge >= 0.3 is 8.68 Å². The average Bonchev–Trinajstić information content (AvgIpc) is 1.77. The molecule has 14 heavy (non-hydrogen) atoms. The Morgan fingerprint density at radius 3 is 2.00 bits per heavy atom. The van der Waals surface area contributed by atoms with Gasteiger partial charge in [-0.3, -0.25) is 0 Å². The van der Waals surface area contributed by atoms with Gasteiger partial charge in [0.25, 0.3) is 0 Å². The van der Waals surface area contributed by atoms with Crippen molar-refractivity contribution in [3.05, 3.63) is 22.3 Å². The van der Waals surface area contributed by atoms with Crippen LogP contribution in [0.4, 0.5) is 21.7 Å². The third-order valence-electron chi connectivity index (χ3n) is 0.860. The lowest BCUT2D eigenvalue weighted by molar-refractivity contribution is 0.103. The van der Waals surface area contributed by atoms with Crippen molar-refractivity contribution in [3.63, 3.8) is 0 Å². The Balaban J connectivity index is 0. The number of nitrogens with zero attached hydrogens (tertiary/aromatic N) is 1. The smallest absolute Gasteiger partial charge is 0.418 e. The average molecular weight is 256 g/mol. The zero-order valence-electron chi connectivity index (χ0n) is 7.53. The van der Waals surface area contributed by atoms with Crippen LogP contribution in [0.2, 0.25) is 0 Å². The number of halogens is 7. The monoisotopic (exact) mass is 255 g/mol. The summed E-state index contributed by atoms with van der Waals surface area (Å²) in [5, 5.41) is 1.16. The maximum absolute atomic E-state index is 12.2. The van der Waals surface area contributed by atoms with Crippen LogP contribution in [-0.2, 0) is 0 Å². The maximum atomic E-state index is 12.2. The van der Waals surface area contributed by atoms with E-state index in [0.717, 1.165) is 0 Å². The van der Waals surface area contributed by atoms with Gasteiger partial charge in [0.2, 0.25) is 0 Å². The zero-order valence-corrected chi connectivity index (χ0v) is 8.04. The molecule has 0 fully saturated rings. The third-order valence-corrected chi connectivity index (χ3v) is 1.30. The first-order valence-corrected chi connectivity index (χ1v) is 3.97. The van der Waals surface area contributed by atoms with Crippen LogP contribution in [0.15, 0.2) is 22.3 Å². The normalized spacial score (nSPS) is 16.6. The molecule has 1 heterocycles. The Labute approximate surface area is 88.3 Å². The van der Waals surface area contributed by atoms with Crippen molar-refractivity contribution in [3.8, 4) is 0 Å². The van der Waals surface area contributed by atoms with E-state index in [-0.39, 0.29) is 7.97 Å². The predicted molar refractivity (Wildman–Crippen MR) is 47.0 cm³/mol. The molecule has 0 amide bonds. The third kappa shape index (κ3) is 9.66. The van der Waals surface area contributed by atoms with E-state index in [9.17, 15) is 21.7 Å². The fraction of sp³-hybridized carbons (Fsp3) is 0.200. The highest BCUT2D eigenvalue weighted by molar-refractivity contribution is 6.50. The largest absolute Gasteiger partial charge is 1.00 e. The molecule has 0 aromatic carbocycles. The van der Waals surface area contributed by atoms with E-state index in [1.165, 1.54) is 12.3 Å². The Kier molecular flexibility index (Phi) is 5.29. The van der Waals surface area contributed by atoms with Gasteiger partial charge in [0.1, 0.15) is 0 Å². The summed E-state index contributed by atoms with van der Waals surface area (Å²) in [6.07, 6.45) is 2.69. The topological polar surface area (TPSA) is 3.24 Å². The molecule has 0 unspecified atom stereocenters. The molecule has 1 aliphatic rings. The van der Waals surface area contributed by atoms with Gasteiger partial charge in [-0.25, -0.2) is 5.12 Å². The molecular formula is C5H5BCl2F5N. The number of hydrogen-bond donors (Lipinski definition) is 0. The SMILES string of the molecule is FN1C=C(Cl)C=C(Cl)C1.F[B-](F)(F)F.[H+]. The Bertz CT molecular complexity index is 250. The van der Waals surface area contributed by atoms with Gasteiger partial charge in [-0.2, -0.15) is 0 Å². The minimum Gasteiger partial charge on any atom is -0.418 e. The highest BCUT2D eigenvalue weighted by Crippen LogP contribution is 2.18. The van der Waals surface area contributed by atoms with Crippen LogP contribution in [0.25, 0.3) is 0 Å². The highest BCUT2D eigenvalue weighted by Gasteiger charge is 2.20. The van der Waals surface area contributed by atoms with E-state index in [1.807, 2.05) is 0 Å². The predicted octanol–water partition coefficient (Wildman–Crippen LogP) is 3.80. The Morgan fingerprint density at radius 1 is 1.29 bits per heavy atom. The van der Waals surface area contributed by atoms with Crippen molar-refractivity contribution in [2.75, 3.05) is 6.54 Å². The van der Waals surface area contributed by atoms with Crippen LogP contribution < -0.4 is 0 Å². The molecule has 9 heteroatoms. The van der Waals surface area contributed by atoms with Crippen molar-refractivity contribution in [2.45, 2.75) is 0 Å². The number of rotatable bonds is 0. The standard InChI is InChI=1S/C5H4Cl2FN.BF4/c6-4-1-5(7)3-9(8)2-4;2-1(3,4)5/h1-2H,3H2;/q;-1/p+1. The van der Waals surface area contributed by atoms with Crippen LogP contribution in [-0.4, -0.2) is 18.9 Å². The van der Waals surface area contributed by atoms with Gasteiger partial charge in [-0.05, 0) is 6.08 Å². The van der Waals surface area contributed by atoms with Gasteiger partial charge in [0.05, 0.1) is 17.8 Å². The fourth-order valence-corrected chi connectivity index (χ4v) is 1.08. The van der Waals surface area contributed by atoms with Crippen LogP contribution in [0, 0.1) is 0 Å². The summed E-state index contributed by atoms with van der Waals surface area (Å²) in [7, 11) is -6.00. The summed E-state index contributed by atoms with van der Waals surface area (Å²) in [5.41, 5.74) is 0. The van der Waals surface area contributed by atoms with E-state index in [4.69, 9.17) is 23.2 Å². The molecule has 0 aromatic heterocycles. The summed E-state index contributed by atoms with van der Waals surface area (Å²) < 4.78 is 51.2. The molecule has 1 aliphatic heterocycles. The van der Waals surface area contributed by atoms with Crippen LogP contribution in [0.1, 0.15) is 1.43 Å². The van der Waals surface area contributed by atoms with Gasteiger partial charge in [-0.1, -0.05) is 23.2 Å². The molecule has 0 aromatic rings. The van der Waals surface area contributed by atoms with E-state index in [1.54, 1.807) is 0 Å². The molecule has 0 radical (unpaired) electrons. The number of allylic oxidation sites excluding steroid dienone is 2. The molecule has 0 saturated heterocycles. The van der Waals surface area contributed by atoms with Crippen LogP contribution >= 0.6 is 23.2 Å². The van der Waals surface area contributed by atoms with Gasteiger partial charge in [0.15, 0.2) is 0 Å². The molecule has 1 nitrogen and oxygen atoms in total. The summed E-state index contributed by atoms with van der Waals surface area (Å²) >= 11 is 10.9. The molecule has 0 saturated carbocycles. The molecule has 0 spiro atoms. The Hall–Kier alpha value is -0.425. The van der Waals surface area contributed by atoms with Crippen molar-refractivity contribution < 1.29 is 23.2 Å². The number of hydrogen-bond acceptors (Lipinski definition) is 1. The van der Waals surface area contributed by atoms with Crippen molar-refractivity contribution in [1.82, 2.24) is 5.12 Å². The van der Waals surface area contributed by atoms with E-state index >= 15 is 0 Å². The fourth-order valence-electron chi connectivity index (χ4n) is 0.556. The first-order chi connectivity index (χ1) is 6.18. The Morgan fingerprint density at radius 2 is 1.71 bits per heavy atom. The second-order valence-electron chi connectivity index (χ2n) is 2.16. The highest BCUT2D eigenvalue weighted by atomic mass is 35.5. The zero-order chi connectivity index (χ0) is 11.4. The maximum Gasteiger partial charge on any atom is 1.00 e. The quantitative estimate of drug-likeness (QED) is 0.362. The van der Waals surface area contributed by atoms with E-state index < -0.39 is 7.25 Å².